The van der Waals surface area contributed by atoms with Gasteiger partial charge in [-0.3, -0.25) is 0 Å². The highest BCUT2D eigenvalue weighted by Crippen LogP contribution is 2.32. The Morgan fingerprint density at radius 3 is 2.50 bits per heavy atom. The first-order valence-corrected chi connectivity index (χ1v) is 8.98. The van der Waals surface area contributed by atoms with E-state index in [-0.39, 0.29) is 28.8 Å². The van der Waals surface area contributed by atoms with E-state index in [1.165, 1.54) is 23.5 Å². The molecule has 1 heterocycles. The molecule has 1 fully saturated rings. The summed E-state index contributed by atoms with van der Waals surface area (Å²) in [5, 5.41) is 0. The quantitative estimate of drug-likeness (QED) is 0.814. The number of sulfonamides is 1. The summed E-state index contributed by atoms with van der Waals surface area (Å²) in [6, 6.07) is 4.47. The van der Waals surface area contributed by atoms with Crippen LogP contribution in [-0.2, 0) is 14.8 Å². The fourth-order valence-electron chi connectivity index (χ4n) is 2.85. The molecule has 0 amide bonds. The maximum atomic E-state index is 12.9. The first-order chi connectivity index (χ1) is 10.6. The fraction of sp³-hybridized carbons (Fsp3) is 0.562. The predicted octanol–water partition coefficient (Wildman–Crippen LogP) is 1.95. The third-order valence-electron chi connectivity index (χ3n) is 4.49. The predicted molar refractivity (Wildman–Crippen MR) is 94.9 cm³/mol. The van der Waals surface area contributed by atoms with Crippen LogP contribution in [0.15, 0.2) is 23.1 Å². The molecule has 0 aromatic heterocycles. The van der Waals surface area contributed by atoms with Crippen molar-refractivity contribution >= 4 is 28.4 Å². The minimum absolute atomic E-state index is 0. The summed E-state index contributed by atoms with van der Waals surface area (Å²) >= 11 is 0. The van der Waals surface area contributed by atoms with E-state index < -0.39 is 16.0 Å². The normalized spacial score (nSPS) is 21.0. The van der Waals surface area contributed by atoms with Crippen LogP contribution in [0, 0.1) is 12.3 Å². The summed E-state index contributed by atoms with van der Waals surface area (Å²) in [6.07, 6.45) is 0.630. The average molecular weight is 377 g/mol. The lowest BCUT2D eigenvalue weighted by Gasteiger charge is -2.41. The van der Waals surface area contributed by atoms with Crippen molar-refractivity contribution in [2.24, 2.45) is 11.1 Å². The highest BCUT2D eigenvalue weighted by Gasteiger charge is 2.39. The summed E-state index contributed by atoms with van der Waals surface area (Å²) in [6.45, 7) is 6.43. The second-order valence-electron chi connectivity index (χ2n) is 6.69. The van der Waals surface area contributed by atoms with E-state index in [0.29, 0.717) is 30.6 Å². The zero-order valence-electron chi connectivity index (χ0n) is 14.4. The second-order valence-corrected chi connectivity index (χ2v) is 8.60. The molecule has 1 aliphatic heterocycles. The Morgan fingerprint density at radius 2 is 2.00 bits per heavy atom. The fourth-order valence-corrected chi connectivity index (χ4v) is 4.68. The molecule has 0 bridgehead atoms. The van der Waals surface area contributed by atoms with E-state index in [1.807, 2.05) is 13.8 Å². The lowest BCUT2D eigenvalue weighted by molar-refractivity contribution is 0.0600. The van der Waals surface area contributed by atoms with Crippen molar-refractivity contribution in [1.29, 1.82) is 0 Å². The molecule has 1 atom stereocenters. The summed E-state index contributed by atoms with van der Waals surface area (Å²) < 4.78 is 32.0. The third kappa shape index (κ3) is 3.91. The van der Waals surface area contributed by atoms with Crippen molar-refractivity contribution in [1.82, 2.24) is 4.31 Å². The van der Waals surface area contributed by atoms with Gasteiger partial charge in [-0.25, -0.2) is 13.2 Å². The number of carbonyl (C=O) groups is 1. The molecule has 1 aromatic carbocycles. The van der Waals surface area contributed by atoms with E-state index in [2.05, 4.69) is 4.74 Å². The Hall–Kier alpha value is -1.15. The summed E-state index contributed by atoms with van der Waals surface area (Å²) in [5.41, 5.74) is 6.68. The highest BCUT2D eigenvalue weighted by atomic mass is 35.5. The van der Waals surface area contributed by atoms with Crippen molar-refractivity contribution in [3.05, 3.63) is 29.3 Å². The molecular weight excluding hydrogens is 352 g/mol. The number of esters is 1. The maximum absolute atomic E-state index is 12.9. The van der Waals surface area contributed by atoms with Gasteiger partial charge in [-0.15, -0.1) is 12.4 Å². The second kappa shape index (κ2) is 7.39. The lowest BCUT2D eigenvalue weighted by Crippen LogP contribution is -2.53. The number of rotatable bonds is 3. The molecule has 1 aliphatic rings. The van der Waals surface area contributed by atoms with Gasteiger partial charge in [-0.05, 0) is 42.5 Å². The number of ether oxygens (including phenoxy) is 1. The smallest absolute Gasteiger partial charge is 0.337 e. The van der Waals surface area contributed by atoms with Gasteiger partial charge in [0.2, 0.25) is 10.0 Å². The number of nitrogens with zero attached hydrogens (tertiary/aromatic N) is 1. The Labute approximate surface area is 149 Å². The Kier molecular flexibility index (Phi) is 6.43. The average Bonchev–Trinajstić information content (AvgIpc) is 2.48. The van der Waals surface area contributed by atoms with Gasteiger partial charge < -0.3 is 10.5 Å². The van der Waals surface area contributed by atoms with Gasteiger partial charge >= 0.3 is 5.97 Å². The van der Waals surface area contributed by atoms with E-state index in [0.717, 1.165) is 0 Å². The number of hydrogen-bond acceptors (Lipinski definition) is 5. The molecule has 24 heavy (non-hydrogen) atoms. The van der Waals surface area contributed by atoms with Gasteiger partial charge in [0.1, 0.15) is 0 Å². The van der Waals surface area contributed by atoms with Crippen molar-refractivity contribution < 1.29 is 17.9 Å². The molecule has 136 valence electrons. The van der Waals surface area contributed by atoms with Crippen LogP contribution in [0.1, 0.15) is 36.2 Å². The zero-order chi connectivity index (χ0) is 17.4. The van der Waals surface area contributed by atoms with Crippen LogP contribution in [0.2, 0.25) is 0 Å². The van der Waals surface area contributed by atoms with Crippen LogP contribution in [0.5, 0.6) is 0 Å². The van der Waals surface area contributed by atoms with Crippen LogP contribution in [0.25, 0.3) is 0 Å². The van der Waals surface area contributed by atoms with Gasteiger partial charge in [0.05, 0.1) is 17.6 Å². The molecule has 2 N–H and O–H groups in total. The Morgan fingerprint density at radius 1 is 1.38 bits per heavy atom. The number of halogens is 1. The monoisotopic (exact) mass is 376 g/mol. The number of aryl methyl sites for hydroxylation is 1. The van der Waals surface area contributed by atoms with Crippen LogP contribution >= 0.6 is 12.4 Å². The minimum atomic E-state index is -3.61. The number of benzene rings is 1. The number of nitrogens with two attached hydrogens (primary N) is 1. The molecule has 0 aliphatic carbocycles. The molecule has 0 radical (unpaired) electrons. The van der Waals surface area contributed by atoms with Crippen molar-refractivity contribution in [2.75, 3.05) is 20.2 Å². The zero-order valence-corrected chi connectivity index (χ0v) is 16.0. The minimum Gasteiger partial charge on any atom is -0.465 e. The van der Waals surface area contributed by atoms with E-state index in [9.17, 15) is 13.2 Å². The summed E-state index contributed by atoms with van der Waals surface area (Å²) in [4.78, 5) is 11.8. The van der Waals surface area contributed by atoms with Crippen molar-refractivity contribution in [3.8, 4) is 0 Å². The number of methoxy groups -OCH3 is 1. The first-order valence-electron chi connectivity index (χ1n) is 7.54. The summed E-state index contributed by atoms with van der Waals surface area (Å²) in [5.74, 6) is -0.484. The number of hydrogen-bond donors (Lipinski definition) is 1. The van der Waals surface area contributed by atoms with Crippen LogP contribution in [0.3, 0.4) is 0 Å². The van der Waals surface area contributed by atoms with Gasteiger partial charge in [0.25, 0.3) is 0 Å². The van der Waals surface area contributed by atoms with Gasteiger partial charge in [0, 0.05) is 19.1 Å². The molecule has 2 rings (SSSR count). The summed E-state index contributed by atoms with van der Waals surface area (Å²) in [7, 11) is -2.32. The molecule has 1 unspecified atom stereocenters. The van der Waals surface area contributed by atoms with E-state index in [1.54, 1.807) is 13.0 Å². The van der Waals surface area contributed by atoms with Crippen molar-refractivity contribution in [3.63, 3.8) is 0 Å². The third-order valence-corrected chi connectivity index (χ3v) is 6.50. The van der Waals surface area contributed by atoms with Crippen LogP contribution in [0.4, 0.5) is 0 Å². The molecule has 0 saturated carbocycles. The largest absolute Gasteiger partial charge is 0.465 e. The van der Waals surface area contributed by atoms with E-state index >= 15 is 0 Å². The van der Waals surface area contributed by atoms with Crippen molar-refractivity contribution in [2.45, 2.75) is 38.1 Å². The van der Waals surface area contributed by atoms with Crippen LogP contribution in [-0.4, -0.2) is 44.9 Å². The van der Waals surface area contributed by atoms with Crippen LogP contribution < -0.4 is 5.73 Å². The lowest BCUT2D eigenvalue weighted by atomic mass is 9.81. The Bertz CT molecular complexity index is 719. The maximum Gasteiger partial charge on any atom is 0.337 e. The SMILES string of the molecule is COC(=O)c1ccc(S(=O)(=O)N2CCC(N)C(C)(C)C2)c(C)c1.Cl. The number of piperidine rings is 1. The molecule has 0 spiro atoms. The Balaban J connectivity index is 0.00000288. The molecule has 1 saturated heterocycles. The van der Waals surface area contributed by atoms with Gasteiger partial charge in [-0.1, -0.05) is 13.8 Å². The molecule has 8 heteroatoms. The topological polar surface area (TPSA) is 89.7 Å². The highest BCUT2D eigenvalue weighted by molar-refractivity contribution is 7.89. The van der Waals surface area contributed by atoms with Gasteiger partial charge in [-0.2, -0.15) is 4.31 Å². The van der Waals surface area contributed by atoms with Gasteiger partial charge in [0.15, 0.2) is 0 Å². The number of carbonyl (C=O) groups excluding carboxylic acids is 1. The van der Waals surface area contributed by atoms with E-state index in [4.69, 9.17) is 5.73 Å². The molecular formula is C16H25ClN2O4S. The molecule has 1 aromatic rings. The first kappa shape index (κ1) is 20.9. The molecule has 6 nitrogen and oxygen atoms in total. The standard InChI is InChI=1S/C16H24N2O4S.ClH/c1-11-9-12(15(19)22-4)5-6-13(11)23(20,21)18-8-7-14(17)16(2,3)10-18;/h5-6,9,14H,7-8,10,17H2,1-4H3;1H.